The summed E-state index contributed by atoms with van der Waals surface area (Å²) in [6.07, 6.45) is 1.11. The van der Waals surface area contributed by atoms with Crippen LogP contribution in [-0.4, -0.2) is 12.5 Å². The minimum atomic E-state index is -0.112. The van der Waals surface area contributed by atoms with E-state index in [1.165, 1.54) is 5.56 Å². The molecule has 0 aliphatic carbocycles. The van der Waals surface area contributed by atoms with E-state index in [0.29, 0.717) is 18.1 Å². The summed E-state index contributed by atoms with van der Waals surface area (Å²) in [7, 11) is 0. The lowest BCUT2D eigenvalue weighted by molar-refractivity contribution is 0.102. The molecule has 1 unspecified atom stereocenters. The quantitative estimate of drug-likeness (QED) is 0.827. The van der Waals surface area contributed by atoms with E-state index in [9.17, 15) is 4.79 Å². The van der Waals surface area contributed by atoms with Crippen LogP contribution in [0.1, 0.15) is 49.0 Å². The summed E-state index contributed by atoms with van der Waals surface area (Å²) in [4.78, 5) is 12.2. The predicted molar refractivity (Wildman–Crippen MR) is 90.7 cm³/mol. The fourth-order valence-corrected chi connectivity index (χ4v) is 2.20. The Hall–Kier alpha value is -2.29. The molecule has 1 N–H and O–H groups in total. The van der Waals surface area contributed by atoms with Gasteiger partial charge in [-0.05, 0) is 61.2 Å². The summed E-state index contributed by atoms with van der Waals surface area (Å²) in [6.45, 7) is 6.93. The largest absolute Gasteiger partial charge is 0.494 e. The van der Waals surface area contributed by atoms with E-state index in [-0.39, 0.29) is 5.91 Å². The highest BCUT2D eigenvalue weighted by Crippen LogP contribution is 2.21. The molecule has 1 amide bonds. The zero-order valence-corrected chi connectivity index (χ0v) is 13.4. The summed E-state index contributed by atoms with van der Waals surface area (Å²) < 4.78 is 5.37. The van der Waals surface area contributed by atoms with Crippen LogP contribution >= 0.6 is 0 Å². The highest BCUT2D eigenvalue weighted by Gasteiger charge is 2.07. The molecule has 2 aromatic carbocycles. The number of carbonyl (C=O) groups is 1. The molecule has 3 nitrogen and oxygen atoms in total. The van der Waals surface area contributed by atoms with Crippen LogP contribution in [-0.2, 0) is 0 Å². The van der Waals surface area contributed by atoms with Gasteiger partial charge in [0.05, 0.1) is 6.61 Å². The minimum Gasteiger partial charge on any atom is -0.494 e. The van der Waals surface area contributed by atoms with Gasteiger partial charge in [0.1, 0.15) is 5.75 Å². The summed E-state index contributed by atoms with van der Waals surface area (Å²) in [6, 6.07) is 15.2. The fraction of sp³-hybridized carbons (Fsp3) is 0.316. The summed E-state index contributed by atoms with van der Waals surface area (Å²) in [5.74, 6) is 1.20. The van der Waals surface area contributed by atoms with Gasteiger partial charge in [0.25, 0.3) is 5.91 Å². The van der Waals surface area contributed by atoms with Gasteiger partial charge in [0.15, 0.2) is 0 Å². The molecule has 3 heteroatoms. The molecule has 2 rings (SSSR count). The molecule has 22 heavy (non-hydrogen) atoms. The summed E-state index contributed by atoms with van der Waals surface area (Å²) in [5.41, 5.74) is 2.72. The first kappa shape index (κ1) is 16.1. The van der Waals surface area contributed by atoms with Crippen LogP contribution in [0.25, 0.3) is 0 Å². The number of benzene rings is 2. The first-order valence-electron chi connectivity index (χ1n) is 7.78. The Morgan fingerprint density at radius 2 is 1.68 bits per heavy atom. The van der Waals surface area contributed by atoms with Crippen LogP contribution in [0.5, 0.6) is 5.75 Å². The average Bonchev–Trinajstić information content (AvgIpc) is 2.55. The fourth-order valence-electron chi connectivity index (χ4n) is 2.20. The van der Waals surface area contributed by atoms with Crippen LogP contribution in [0.2, 0.25) is 0 Å². The second-order valence-electron chi connectivity index (χ2n) is 5.34. The maximum atomic E-state index is 12.2. The van der Waals surface area contributed by atoms with E-state index in [0.717, 1.165) is 17.9 Å². The van der Waals surface area contributed by atoms with Crippen LogP contribution in [0.15, 0.2) is 48.5 Å². The molecule has 0 fully saturated rings. The zero-order valence-electron chi connectivity index (χ0n) is 13.4. The monoisotopic (exact) mass is 297 g/mol. The standard InChI is InChI=1S/C19H23NO2/c1-4-14(3)15-6-10-17(11-7-15)20-19(21)16-8-12-18(13-9-16)22-5-2/h6-14H,4-5H2,1-3H3,(H,20,21). The SMILES string of the molecule is CCOc1ccc(C(=O)Nc2ccc(C(C)CC)cc2)cc1. The molecular weight excluding hydrogens is 274 g/mol. The Morgan fingerprint density at radius 1 is 1.05 bits per heavy atom. The van der Waals surface area contributed by atoms with Gasteiger partial charge in [-0.15, -0.1) is 0 Å². The Bertz CT molecular complexity index is 602. The summed E-state index contributed by atoms with van der Waals surface area (Å²) >= 11 is 0. The molecule has 0 bridgehead atoms. The average molecular weight is 297 g/mol. The number of nitrogens with one attached hydrogen (secondary N) is 1. The Balaban J connectivity index is 2.02. The van der Waals surface area contributed by atoms with E-state index < -0.39 is 0 Å². The van der Waals surface area contributed by atoms with Crippen LogP contribution in [0, 0.1) is 0 Å². The number of rotatable bonds is 6. The molecule has 0 spiro atoms. The van der Waals surface area contributed by atoms with Crippen LogP contribution in [0.4, 0.5) is 5.69 Å². The van der Waals surface area contributed by atoms with Crippen molar-refractivity contribution in [1.29, 1.82) is 0 Å². The van der Waals surface area contributed by atoms with Gasteiger partial charge in [-0.25, -0.2) is 0 Å². The van der Waals surface area contributed by atoms with Crippen molar-refractivity contribution in [3.05, 3.63) is 59.7 Å². The van der Waals surface area contributed by atoms with E-state index >= 15 is 0 Å². The molecule has 0 aliphatic rings. The molecule has 1 atom stereocenters. The van der Waals surface area contributed by atoms with Gasteiger partial charge in [-0.1, -0.05) is 26.0 Å². The zero-order chi connectivity index (χ0) is 15.9. The van der Waals surface area contributed by atoms with E-state index in [4.69, 9.17) is 4.74 Å². The Labute approximate surface area is 132 Å². The van der Waals surface area contributed by atoms with Crippen molar-refractivity contribution < 1.29 is 9.53 Å². The third-order valence-electron chi connectivity index (χ3n) is 3.78. The molecule has 0 saturated heterocycles. The molecule has 0 radical (unpaired) electrons. The molecule has 2 aromatic rings. The lowest BCUT2D eigenvalue weighted by Gasteiger charge is -2.11. The second kappa shape index (κ2) is 7.64. The van der Waals surface area contributed by atoms with Gasteiger partial charge >= 0.3 is 0 Å². The van der Waals surface area contributed by atoms with Gasteiger partial charge in [0.2, 0.25) is 0 Å². The first-order valence-corrected chi connectivity index (χ1v) is 7.78. The van der Waals surface area contributed by atoms with Crippen molar-refractivity contribution in [2.24, 2.45) is 0 Å². The maximum absolute atomic E-state index is 12.2. The molecular formula is C19H23NO2. The van der Waals surface area contributed by atoms with Crippen molar-refractivity contribution in [2.45, 2.75) is 33.1 Å². The molecule has 0 aliphatic heterocycles. The van der Waals surface area contributed by atoms with Crippen molar-refractivity contribution in [2.75, 3.05) is 11.9 Å². The second-order valence-corrected chi connectivity index (χ2v) is 5.34. The van der Waals surface area contributed by atoms with E-state index in [2.05, 4.69) is 31.3 Å². The van der Waals surface area contributed by atoms with Crippen molar-refractivity contribution >= 4 is 11.6 Å². The summed E-state index contributed by atoms with van der Waals surface area (Å²) in [5, 5.41) is 2.91. The number of ether oxygens (including phenoxy) is 1. The highest BCUT2D eigenvalue weighted by molar-refractivity contribution is 6.04. The molecule has 116 valence electrons. The maximum Gasteiger partial charge on any atom is 0.255 e. The molecule has 0 saturated carbocycles. The topological polar surface area (TPSA) is 38.3 Å². The number of hydrogen-bond acceptors (Lipinski definition) is 2. The first-order chi connectivity index (χ1) is 10.6. The Kier molecular flexibility index (Phi) is 5.59. The van der Waals surface area contributed by atoms with Crippen molar-refractivity contribution in [3.8, 4) is 5.75 Å². The van der Waals surface area contributed by atoms with Crippen molar-refractivity contribution in [1.82, 2.24) is 0 Å². The van der Waals surface area contributed by atoms with Gasteiger partial charge < -0.3 is 10.1 Å². The number of anilines is 1. The predicted octanol–water partition coefficient (Wildman–Crippen LogP) is 4.85. The normalized spacial score (nSPS) is 11.8. The van der Waals surface area contributed by atoms with E-state index in [1.54, 1.807) is 12.1 Å². The van der Waals surface area contributed by atoms with E-state index in [1.807, 2.05) is 31.2 Å². The van der Waals surface area contributed by atoms with Crippen LogP contribution < -0.4 is 10.1 Å². The van der Waals surface area contributed by atoms with Crippen molar-refractivity contribution in [3.63, 3.8) is 0 Å². The van der Waals surface area contributed by atoms with Gasteiger partial charge in [-0.2, -0.15) is 0 Å². The number of hydrogen-bond donors (Lipinski definition) is 1. The number of amides is 1. The Morgan fingerprint density at radius 3 is 2.23 bits per heavy atom. The number of carbonyl (C=O) groups excluding carboxylic acids is 1. The smallest absolute Gasteiger partial charge is 0.255 e. The third-order valence-corrected chi connectivity index (χ3v) is 3.78. The third kappa shape index (κ3) is 4.10. The molecule has 0 heterocycles. The van der Waals surface area contributed by atoms with Gasteiger partial charge in [-0.3, -0.25) is 4.79 Å². The highest BCUT2D eigenvalue weighted by atomic mass is 16.5. The lowest BCUT2D eigenvalue weighted by Crippen LogP contribution is -2.11. The molecule has 0 aromatic heterocycles. The lowest BCUT2D eigenvalue weighted by atomic mass is 9.98. The van der Waals surface area contributed by atoms with Gasteiger partial charge in [0, 0.05) is 11.3 Å². The minimum absolute atomic E-state index is 0.112. The van der Waals surface area contributed by atoms with Crippen LogP contribution in [0.3, 0.4) is 0 Å².